The number of nitrogens with one attached hydrogen (secondary N) is 1. The predicted octanol–water partition coefficient (Wildman–Crippen LogP) is -0.255. The van der Waals surface area contributed by atoms with Crippen LogP contribution < -0.4 is 11.3 Å². The molecular weight excluding hydrogens is 182 g/mol. The van der Waals surface area contributed by atoms with Crippen molar-refractivity contribution < 1.29 is 4.74 Å². The molecular formula is C8H17N5O. The van der Waals surface area contributed by atoms with E-state index in [1.807, 2.05) is 20.9 Å². The summed E-state index contributed by atoms with van der Waals surface area (Å²) < 4.78 is 7.03. The number of hydrogen-bond acceptors (Lipinski definition) is 5. The molecule has 0 radical (unpaired) electrons. The first-order valence-electron chi connectivity index (χ1n) is 4.38. The van der Waals surface area contributed by atoms with E-state index >= 15 is 0 Å². The zero-order valence-corrected chi connectivity index (χ0v) is 8.98. The van der Waals surface area contributed by atoms with Gasteiger partial charge in [0.2, 0.25) is 0 Å². The quantitative estimate of drug-likeness (QED) is 0.516. The third kappa shape index (κ3) is 1.92. The first-order valence-corrected chi connectivity index (χ1v) is 4.38. The predicted molar refractivity (Wildman–Crippen MR) is 52.2 cm³/mol. The molecule has 14 heavy (non-hydrogen) atoms. The topological polar surface area (TPSA) is 78.0 Å². The number of rotatable bonds is 4. The summed E-state index contributed by atoms with van der Waals surface area (Å²) in [6, 6.07) is -0.146. The Morgan fingerprint density at radius 3 is 2.64 bits per heavy atom. The fourth-order valence-corrected chi connectivity index (χ4v) is 1.32. The standard InChI is InChI=1S/C8H17N5O/c1-8(2,14-4)7(11-9)6-5-10-12-13(6)3/h5,7,11H,9H2,1-4H3. The Hall–Kier alpha value is -0.980. The lowest BCUT2D eigenvalue weighted by Gasteiger charge is -2.32. The number of ether oxygens (including phenoxy) is 1. The van der Waals surface area contributed by atoms with E-state index < -0.39 is 5.60 Å². The molecule has 0 aromatic carbocycles. The third-order valence-electron chi connectivity index (χ3n) is 2.43. The van der Waals surface area contributed by atoms with Crippen molar-refractivity contribution in [1.82, 2.24) is 20.4 Å². The van der Waals surface area contributed by atoms with Gasteiger partial charge in [-0.2, -0.15) is 0 Å². The minimum absolute atomic E-state index is 0.146. The van der Waals surface area contributed by atoms with Crippen LogP contribution in [0.5, 0.6) is 0 Å². The molecule has 1 aromatic heterocycles. The Kier molecular flexibility index (Phi) is 3.20. The van der Waals surface area contributed by atoms with E-state index in [-0.39, 0.29) is 6.04 Å². The zero-order chi connectivity index (χ0) is 10.8. The van der Waals surface area contributed by atoms with Crippen molar-refractivity contribution in [3.63, 3.8) is 0 Å². The molecule has 1 aromatic rings. The van der Waals surface area contributed by atoms with Gasteiger partial charge in [-0.05, 0) is 13.8 Å². The smallest absolute Gasteiger partial charge is 0.0928 e. The second-order valence-electron chi connectivity index (χ2n) is 3.69. The van der Waals surface area contributed by atoms with Crippen LogP contribution in [0.25, 0.3) is 0 Å². The van der Waals surface area contributed by atoms with Crippen molar-refractivity contribution >= 4 is 0 Å². The summed E-state index contributed by atoms with van der Waals surface area (Å²) in [5, 5.41) is 7.65. The molecule has 6 nitrogen and oxygen atoms in total. The minimum Gasteiger partial charge on any atom is -0.377 e. The Labute approximate surface area is 83.4 Å². The number of hydrazine groups is 1. The molecule has 80 valence electrons. The number of aromatic nitrogens is 3. The van der Waals surface area contributed by atoms with Crippen molar-refractivity contribution in [3.8, 4) is 0 Å². The molecule has 0 bridgehead atoms. The maximum atomic E-state index is 5.50. The summed E-state index contributed by atoms with van der Waals surface area (Å²) in [5.74, 6) is 5.50. The van der Waals surface area contributed by atoms with Gasteiger partial charge in [-0.3, -0.25) is 10.5 Å². The lowest BCUT2D eigenvalue weighted by atomic mass is 9.96. The number of methoxy groups -OCH3 is 1. The van der Waals surface area contributed by atoms with Gasteiger partial charge >= 0.3 is 0 Å². The van der Waals surface area contributed by atoms with Crippen molar-refractivity contribution in [2.45, 2.75) is 25.5 Å². The van der Waals surface area contributed by atoms with Gasteiger partial charge in [0.1, 0.15) is 0 Å². The van der Waals surface area contributed by atoms with Gasteiger partial charge in [-0.25, -0.2) is 5.43 Å². The number of aryl methyl sites for hydroxylation is 1. The molecule has 0 saturated heterocycles. The third-order valence-corrected chi connectivity index (χ3v) is 2.43. The minimum atomic E-state index is -0.412. The van der Waals surface area contributed by atoms with Crippen LogP contribution in [-0.4, -0.2) is 27.7 Å². The second-order valence-corrected chi connectivity index (χ2v) is 3.69. The molecule has 0 aliphatic heterocycles. The summed E-state index contributed by atoms with van der Waals surface area (Å²) in [5.41, 5.74) is 3.19. The molecule has 1 atom stereocenters. The highest BCUT2D eigenvalue weighted by Crippen LogP contribution is 2.26. The van der Waals surface area contributed by atoms with E-state index in [0.717, 1.165) is 5.69 Å². The highest BCUT2D eigenvalue weighted by atomic mass is 16.5. The van der Waals surface area contributed by atoms with Gasteiger partial charge < -0.3 is 4.74 Å². The highest BCUT2D eigenvalue weighted by molar-refractivity contribution is 5.07. The van der Waals surface area contributed by atoms with Crippen LogP contribution in [0.15, 0.2) is 6.20 Å². The van der Waals surface area contributed by atoms with Crippen LogP contribution >= 0.6 is 0 Å². The van der Waals surface area contributed by atoms with Crippen LogP contribution in [0.3, 0.4) is 0 Å². The number of nitrogens with zero attached hydrogens (tertiary/aromatic N) is 3. The highest BCUT2D eigenvalue weighted by Gasteiger charge is 2.32. The first-order chi connectivity index (χ1) is 6.53. The van der Waals surface area contributed by atoms with E-state index in [9.17, 15) is 0 Å². The van der Waals surface area contributed by atoms with Crippen molar-refractivity contribution in [3.05, 3.63) is 11.9 Å². The van der Waals surface area contributed by atoms with Crippen molar-refractivity contribution in [2.24, 2.45) is 12.9 Å². The van der Waals surface area contributed by atoms with Crippen molar-refractivity contribution in [2.75, 3.05) is 7.11 Å². The molecule has 1 heterocycles. The average Bonchev–Trinajstić information content (AvgIpc) is 2.53. The molecule has 1 unspecified atom stereocenters. The van der Waals surface area contributed by atoms with Crippen LogP contribution in [0.1, 0.15) is 25.6 Å². The number of hydrogen-bond donors (Lipinski definition) is 2. The largest absolute Gasteiger partial charge is 0.377 e. The second kappa shape index (κ2) is 4.04. The molecule has 0 aliphatic rings. The maximum Gasteiger partial charge on any atom is 0.0928 e. The molecule has 3 N–H and O–H groups in total. The summed E-state index contributed by atoms with van der Waals surface area (Å²) in [4.78, 5) is 0. The molecule has 0 aliphatic carbocycles. The van der Waals surface area contributed by atoms with E-state index in [2.05, 4.69) is 15.7 Å². The summed E-state index contributed by atoms with van der Waals surface area (Å²) >= 11 is 0. The fourth-order valence-electron chi connectivity index (χ4n) is 1.32. The van der Waals surface area contributed by atoms with Gasteiger partial charge in [0.05, 0.1) is 23.5 Å². The SMILES string of the molecule is COC(C)(C)C(NN)c1cnnn1C. The normalized spacial score (nSPS) is 14.4. The van der Waals surface area contributed by atoms with Gasteiger partial charge in [-0.1, -0.05) is 5.21 Å². The Morgan fingerprint density at radius 1 is 1.64 bits per heavy atom. The van der Waals surface area contributed by atoms with Crippen LogP contribution in [0.2, 0.25) is 0 Å². The van der Waals surface area contributed by atoms with Crippen molar-refractivity contribution in [1.29, 1.82) is 0 Å². The van der Waals surface area contributed by atoms with Crippen LogP contribution in [-0.2, 0) is 11.8 Å². The molecule has 0 amide bonds. The molecule has 0 fully saturated rings. The summed E-state index contributed by atoms with van der Waals surface area (Å²) in [7, 11) is 3.46. The number of nitrogens with two attached hydrogens (primary N) is 1. The van der Waals surface area contributed by atoms with Gasteiger partial charge in [0.25, 0.3) is 0 Å². The van der Waals surface area contributed by atoms with Crippen LogP contribution in [0, 0.1) is 0 Å². The molecule has 6 heteroatoms. The fraction of sp³-hybridized carbons (Fsp3) is 0.750. The molecule has 1 rings (SSSR count). The van der Waals surface area contributed by atoms with E-state index in [0.29, 0.717) is 0 Å². The van der Waals surface area contributed by atoms with Crippen LogP contribution in [0.4, 0.5) is 0 Å². The molecule has 0 saturated carbocycles. The summed E-state index contributed by atoms with van der Waals surface area (Å²) in [6.45, 7) is 3.90. The zero-order valence-electron chi connectivity index (χ0n) is 8.98. The van der Waals surface area contributed by atoms with Gasteiger partial charge in [-0.15, -0.1) is 5.10 Å². The van der Waals surface area contributed by atoms with E-state index in [4.69, 9.17) is 10.6 Å². The first kappa shape index (κ1) is 11.1. The maximum absolute atomic E-state index is 5.50. The Morgan fingerprint density at radius 2 is 2.29 bits per heavy atom. The van der Waals surface area contributed by atoms with Gasteiger partial charge in [0.15, 0.2) is 0 Å². The lowest BCUT2D eigenvalue weighted by molar-refractivity contribution is -0.0133. The summed E-state index contributed by atoms with van der Waals surface area (Å²) in [6.07, 6.45) is 1.67. The molecule has 0 spiro atoms. The van der Waals surface area contributed by atoms with Gasteiger partial charge in [0, 0.05) is 14.2 Å². The monoisotopic (exact) mass is 199 g/mol. The van der Waals surface area contributed by atoms with E-state index in [1.165, 1.54) is 0 Å². The Bertz CT molecular complexity index is 296. The Balaban J connectivity index is 2.99. The van der Waals surface area contributed by atoms with E-state index in [1.54, 1.807) is 18.0 Å². The average molecular weight is 199 g/mol. The lowest BCUT2D eigenvalue weighted by Crippen LogP contribution is -2.44.